The quantitative estimate of drug-likeness (QED) is 0.712. The van der Waals surface area contributed by atoms with E-state index in [2.05, 4.69) is 0 Å². The zero-order valence-corrected chi connectivity index (χ0v) is 9.27. The van der Waals surface area contributed by atoms with Gasteiger partial charge in [0.15, 0.2) is 6.10 Å². The highest BCUT2D eigenvalue weighted by atomic mass is 16.6. The molecular formula is C12H16O3. The van der Waals surface area contributed by atoms with E-state index in [4.69, 9.17) is 9.47 Å². The van der Waals surface area contributed by atoms with Crippen LogP contribution >= 0.6 is 0 Å². The molecule has 1 aromatic carbocycles. The predicted octanol–water partition coefficient (Wildman–Crippen LogP) is 2.33. The summed E-state index contributed by atoms with van der Waals surface area (Å²) in [5.74, 6) is -0.366. The molecule has 1 rings (SSSR count). The molecule has 15 heavy (non-hydrogen) atoms. The third-order valence-corrected chi connectivity index (χ3v) is 1.93. The average molecular weight is 208 g/mol. The van der Waals surface area contributed by atoms with Crippen LogP contribution < -0.4 is 0 Å². The monoisotopic (exact) mass is 208 g/mol. The van der Waals surface area contributed by atoms with Crippen molar-refractivity contribution in [2.24, 2.45) is 0 Å². The van der Waals surface area contributed by atoms with Crippen molar-refractivity contribution >= 4 is 5.97 Å². The predicted molar refractivity (Wildman–Crippen MR) is 57.4 cm³/mol. The Morgan fingerprint density at radius 2 is 1.80 bits per heavy atom. The van der Waals surface area contributed by atoms with E-state index in [1.807, 2.05) is 44.2 Å². The Morgan fingerprint density at radius 1 is 1.20 bits per heavy atom. The standard InChI is InChI=1S/C12H16O3/c1-9(2)15-11(12(13)14-3)10-7-5-4-6-8-10/h4-9,11H,1-3H3. The lowest BCUT2D eigenvalue weighted by atomic mass is 10.1. The molecule has 82 valence electrons. The minimum absolute atomic E-state index is 0.0192. The van der Waals surface area contributed by atoms with E-state index >= 15 is 0 Å². The fourth-order valence-corrected chi connectivity index (χ4v) is 1.28. The van der Waals surface area contributed by atoms with Gasteiger partial charge >= 0.3 is 5.97 Å². The van der Waals surface area contributed by atoms with Gasteiger partial charge in [0.1, 0.15) is 0 Å². The summed E-state index contributed by atoms with van der Waals surface area (Å²) in [4.78, 5) is 11.5. The molecule has 0 saturated carbocycles. The minimum atomic E-state index is -0.629. The van der Waals surface area contributed by atoms with Gasteiger partial charge in [-0.15, -0.1) is 0 Å². The van der Waals surface area contributed by atoms with Gasteiger partial charge < -0.3 is 9.47 Å². The van der Waals surface area contributed by atoms with Gasteiger partial charge in [-0.05, 0) is 19.4 Å². The fraction of sp³-hybridized carbons (Fsp3) is 0.417. The smallest absolute Gasteiger partial charge is 0.339 e. The lowest BCUT2D eigenvalue weighted by Gasteiger charge is -2.18. The van der Waals surface area contributed by atoms with Crippen molar-refractivity contribution in [3.05, 3.63) is 35.9 Å². The summed E-state index contributed by atoms with van der Waals surface area (Å²) < 4.78 is 10.2. The third-order valence-electron chi connectivity index (χ3n) is 1.93. The Balaban J connectivity index is 2.86. The van der Waals surface area contributed by atoms with E-state index < -0.39 is 6.10 Å². The Bertz CT molecular complexity index is 306. The first-order valence-corrected chi connectivity index (χ1v) is 4.93. The Labute approximate surface area is 90.0 Å². The zero-order valence-electron chi connectivity index (χ0n) is 9.27. The van der Waals surface area contributed by atoms with Crippen LogP contribution in [-0.2, 0) is 14.3 Å². The van der Waals surface area contributed by atoms with E-state index in [1.54, 1.807) is 0 Å². The maximum atomic E-state index is 11.5. The van der Waals surface area contributed by atoms with Gasteiger partial charge in [-0.25, -0.2) is 4.79 Å². The van der Waals surface area contributed by atoms with Crippen LogP contribution in [0.15, 0.2) is 30.3 Å². The molecule has 0 aliphatic heterocycles. The van der Waals surface area contributed by atoms with E-state index in [0.29, 0.717) is 0 Å². The lowest BCUT2D eigenvalue weighted by molar-refractivity contribution is -0.157. The Morgan fingerprint density at radius 3 is 2.27 bits per heavy atom. The van der Waals surface area contributed by atoms with Crippen LogP contribution in [0.4, 0.5) is 0 Å². The molecule has 0 bridgehead atoms. The van der Waals surface area contributed by atoms with Crippen LogP contribution in [0.1, 0.15) is 25.5 Å². The molecule has 3 heteroatoms. The highest BCUT2D eigenvalue weighted by molar-refractivity contribution is 5.76. The lowest BCUT2D eigenvalue weighted by Crippen LogP contribution is -2.20. The first kappa shape index (κ1) is 11.7. The summed E-state index contributed by atoms with van der Waals surface area (Å²) in [7, 11) is 1.36. The summed E-state index contributed by atoms with van der Waals surface area (Å²) in [5.41, 5.74) is 0.818. The Kier molecular flexibility index (Phi) is 4.31. The van der Waals surface area contributed by atoms with E-state index in [9.17, 15) is 4.79 Å². The number of ether oxygens (including phenoxy) is 2. The third kappa shape index (κ3) is 3.36. The van der Waals surface area contributed by atoms with Gasteiger partial charge in [0.05, 0.1) is 13.2 Å². The molecular weight excluding hydrogens is 192 g/mol. The van der Waals surface area contributed by atoms with Crippen molar-refractivity contribution in [3.8, 4) is 0 Å². The second-order valence-corrected chi connectivity index (χ2v) is 3.50. The molecule has 0 aromatic heterocycles. The van der Waals surface area contributed by atoms with Crippen LogP contribution in [0.5, 0.6) is 0 Å². The number of benzene rings is 1. The summed E-state index contributed by atoms with van der Waals surface area (Å²) in [5, 5.41) is 0. The van der Waals surface area contributed by atoms with Crippen molar-refractivity contribution < 1.29 is 14.3 Å². The number of hydrogen-bond acceptors (Lipinski definition) is 3. The minimum Gasteiger partial charge on any atom is -0.467 e. The molecule has 0 heterocycles. The summed E-state index contributed by atoms with van der Waals surface area (Å²) in [6, 6.07) is 9.34. The van der Waals surface area contributed by atoms with Crippen LogP contribution in [0, 0.1) is 0 Å². The number of carbonyl (C=O) groups is 1. The number of carbonyl (C=O) groups excluding carboxylic acids is 1. The van der Waals surface area contributed by atoms with Gasteiger partial charge in [0.25, 0.3) is 0 Å². The summed E-state index contributed by atoms with van der Waals surface area (Å²) in [6.45, 7) is 3.78. The van der Waals surface area contributed by atoms with Crippen molar-refractivity contribution in [1.29, 1.82) is 0 Å². The van der Waals surface area contributed by atoms with E-state index in [1.165, 1.54) is 7.11 Å². The number of rotatable bonds is 4. The zero-order chi connectivity index (χ0) is 11.3. The molecule has 0 aliphatic rings. The van der Waals surface area contributed by atoms with Crippen LogP contribution in [0.2, 0.25) is 0 Å². The molecule has 0 fully saturated rings. The number of hydrogen-bond donors (Lipinski definition) is 0. The van der Waals surface area contributed by atoms with E-state index in [-0.39, 0.29) is 12.1 Å². The average Bonchev–Trinajstić information content (AvgIpc) is 2.26. The number of methoxy groups -OCH3 is 1. The normalized spacial score (nSPS) is 12.5. The maximum absolute atomic E-state index is 11.5. The van der Waals surface area contributed by atoms with Gasteiger partial charge in [-0.3, -0.25) is 0 Å². The molecule has 0 radical (unpaired) electrons. The van der Waals surface area contributed by atoms with Gasteiger partial charge in [-0.2, -0.15) is 0 Å². The fourth-order valence-electron chi connectivity index (χ4n) is 1.28. The van der Waals surface area contributed by atoms with Crippen LogP contribution in [-0.4, -0.2) is 19.2 Å². The molecule has 1 atom stereocenters. The second kappa shape index (κ2) is 5.51. The summed E-state index contributed by atoms with van der Waals surface area (Å²) in [6.07, 6.45) is -0.648. The SMILES string of the molecule is COC(=O)C(OC(C)C)c1ccccc1. The first-order chi connectivity index (χ1) is 7.15. The molecule has 0 aliphatic carbocycles. The van der Waals surface area contributed by atoms with Gasteiger partial charge in [-0.1, -0.05) is 30.3 Å². The molecule has 0 amide bonds. The largest absolute Gasteiger partial charge is 0.467 e. The summed E-state index contributed by atoms with van der Waals surface area (Å²) >= 11 is 0. The van der Waals surface area contributed by atoms with Crippen molar-refractivity contribution in [2.45, 2.75) is 26.1 Å². The Hall–Kier alpha value is -1.35. The topological polar surface area (TPSA) is 35.5 Å². The maximum Gasteiger partial charge on any atom is 0.339 e. The highest BCUT2D eigenvalue weighted by Crippen LogP contribution is 2.20. The van der Waals surface area contributed by atoms with Crippen LogP contribution in [0.3, 0.4) is 0 Å². The highest BCUT2D eigenvalue weighted by Gasteiger charge is 2.22. The molecule has 1 unspecified atom stereocenters. The molecule has 0 N–H and O–H groups in total. The molecule has 0 saturated heterocycles. The van der Waals surface area contributed by atoms with Crippen LogP contribution in [0.25, 0.3) is 0 Å². The van der Waals surface area contributed by atoms with Crippen molar-refractivity contribution in [3.63, 3.8) is 0 Å². The molecule has 1 aromatic rings. The first-order valence-electron chi connectivity index (χ1n) is 4.93. The second-order valence-electron chi connectivity index (χ2n) is 3.50. The molecule has 3 nitrogen and oxygen atoms in total. The van der Waals surface area contributed by atoms with E-state index in [0.717, 1.165) is 5.56 Å². The van der Waals surface area contributed by atoms with Gasteiger partial charge in [0, 0.05) is 0 Å². The van der Waals surface area contributed by atoms with Crippen molar-refractivity contribution in [2.75, 3.05) is 7.11 Å². The number of esters is 1. The van der Waals surface area contributed by atoms with Gasteiger partial charge in [0.2, 0.25) is 0 Å². The van der Waals surface area contributed by atoms with Crippen molar-refractivity contribution in [1.82, 2.24) is 0 Å². The molecule has 0 spiro atoms.